The second-order valence-corrected chi connectivity index (χ2v) is 6.55. The van der Waals surface area contributed by atoms with E-state index >= 15 is 0 Å². The van der Waals surface area contributed by atoms with Gasteiger partial charge >= 0.3 is 12.1 Å². The fraction of sp³-hybridized carbons (Fsp3) is 0.227. The molecule has 1 amide bonds. The number of hydrogen-bond acceptors (Lipinski definition) is 5. The summed E-state index contributed by atoms with van der Waals surface area (Å²) in [5.41, 5.74) is 3.49. The molecule has 0 bridgehead atoms. The predicted molar refractivity (Wildman–Crippen MR) is 110 cm³/mol. The van der Waals surface area contributed by atoms with Gasteiger partial charge in [0, 0.05) is 12.6 Å². The van der Waals surface area contributed by atoms with E-state index in [1.54, 1.807) is 42.9 Å². The number of carbonyl (C=O) groups is 2. The van der Waals surface area contributed by atoms with E-state index in [0.717, 1.165) is 11.3 Å². The molecule has 0 aliphatic carbocycles. The zero-order chi connectivity index (χ0) is 21.0. The first-order valence-corrected chi connectivity index (χ1v) is 9.16. The monoisotopic (exact) mass is 393 g/mol. The molecule has 1 N–H and O–H groups in total. The number of nitrogens with zero attached hydrogens (tertiary/aromatic N) is 2. The van der Waals surface area contributed by atoms with Gasteiger partial charge in [-0.15, -0.1) is 0 Å². The Morgan fingerprint density at radius 1 is 1.07 bits per heavy atom. The molecule has 0 radical (unpaired) electrons. The third-order valence-corrected chi connectivity index (χ3v) is 4.70. The number of rotatable bonds is 5. The van der Waals surface area contributed by atoms with Crippen LogP contribution >= 0.6 is 0 Å². The number of hydrogen-bond donors (Lipinski definition) is 1. The molecule has 29 heavy (non-hydrogen) atoms. The molecular weight excluding hydrogens is 370 g/mol. The number of aryl methyl sites for hydroxylation is 1. The van der Waals surface area contributed by atoms with E-state index in [9.17, 15) is 9.59 Å². The second-order valence-electron chi connectivity index (χ2n) is 6.55. The lowest BCUT2D eigenvalue weighted by Crippen LogP contribution is -2.17. The first kappa shape index (κ1) is 20.1. The van der Waals surface area contributed by atoms with Crippen molar-refractivity contribution in [3.63, 3.8) is 0 Å². The summed E-state index contributed by atoms with van der Waals surface area (Å²) in [4.78, 5) is 24.7. The Labute approximate surface area is 169 Å². The van der Waals surface area contributed by atoms with Crippen molar-refractivity contribution in [2.45, 2.75) is 20.0 Å². The third kappa shape index (κ3) is 4.29. The Hall–Kier alpha value is -3.61. The van der Waals surface area contributed by atoms with E-state index in [2.05, 4.69) is 10.4 Å². The summed E-state index contributed by atoms with van der Waals surface area (Å²) in [6.45, 7) is 3.63. The highest BCUT2D eigenvalue weighted by Gasteiger charge is 2.23. The standard InChI is InChI=1S/C22H23N3O4/c1-14-19(23-22(27)29-15(2)16-10-6-5-7-11-16)20(24-25(14)3)17-12-8-9-13-18(17)21(26)28-4/h5-13,15H,1-4H3,(H,23,27)/t15-/m1/s1. The Bertz CT molecular complexity index is 1030. The van der Waals surface area contributed by atoms with Crippen LogP contribution in [0, 0.1) is 6.92 Å². The molecule has 0 fully saturated rings. The lowest BCUT2D eigenvalue weighted by atomic mass is 10.0. The molecule has 1 aromatic heterocycles. The van der Waals surface area contributed by atoms with Crippen molar-refractivity contribution in [2.24, 2.45) is 7.05 Å². The molecule has 0 unspecified atom stereocenters. The topological polar surface area (TPSA) is 82.5 Å². The maximum absolute atomic E-state index is 12.6. The number of benzene rings is 2. The van der Waals surface area contributed by atoms with Crippen LogP contribution in [0.25, 0.3) is 11.3 Å². The summed E-state index contributed by atoms with van der Waals surface area (Å²) in [7, 11) is 3.09. The Balaban J connectivity index is 1.90. The van der Waals surface area contributed by atoms with Crippen LogP contribution in [-0.4, -0.2) is 29.0 Å². The lowest BCUT2D eigenvalue weighted by molar-refractivity contribution is 0.0601. The second kappa shape index (κ2) is 8.60. The van der Waals surface area contributed by atoms with E-state index in [0.29, 0.717) is 22.5 Å². The van der Waals surface area contributed by atoms with Crippen LogP contribution in [0.1, 0.15) is 34.6 Å². The zero-order valence-electron chi connectivity index (χ0n) is 16.8. The zero-order valence-corrected chi connectivity index (χ0v) is 16.8. The van der Waals surface area contributed by atoms with Gasteiger partial charge in [0.2, 0.25) is 0 Å². The van der Waals surface area contributed by atoms with Crippen LogP contribution in [0.5, 0.6) is 0 Å². The van der Waals surface area contributed by atoms with Crippen LogP contribution < -0.4 is 5.32 Å². The molecule has 0 aliphatic rings. The molecule has 3 aromatic rings. The maximum Gasteiger partial charge on any atom is 0.412 e. The number of nitrogens with one attached hydrogen (secondary N) is 1. The largest absolute Gasteiger partial charge is 0.465 e. The molecule has 1 atom stereocenters. The normalized spacial score (nSPS) is 11.6. The molecule has 0 aliphatic heterocycles. The van der Waals surface area contributed by atoms with Gasteiger partial charge in [-0.05, 0) is 25.5 Å². The van der Waals surface area contributed by atoms with Gasteiger partial charge < -0.3 is 9.47 Å². The average molecular weight is 393 g/mol. The highest BCUT2D eigenvalue weighted by atomic mass is 16.6. The molecule has 1 heterocycles. The number of anilines is 1. The number of carbonyl (C=O) groups excluding carboxylic acids is 2. The fourth-order valence-corrected chi connectivity index (χ4v) is 3.01. The maximum atomic E-state index is 12.6. The number of ether oxygens (including phenoxy) is 2. The number of aromatic nitrogens is 2. The molecule has 150 valence electrons. The Morgan fingerprint density at radius 2 is 1.72 bits per heavy atom. The highest BCUT2D eigenvalue weighted by molar-refractivity contribution is 6.00. The summed E-state index contributed by atoms with van der Waals surface area (Å²) in [6, 6.07) is 16.4. The van der Waals surface area contributed by atoms with E-state index in [-0.39, 0.29) is 0 Å². The summed E-state index contributed by atoms with van der Waals surface area (Å²) in [6.07, 6.45) is -1.02. The van der Waals surface area contributed by atoms with Crippen LogP contribution in [0.3, 0.4) is 0 Å². The minimum atomic E-state index is -0.603. The smallest absolute Gasteiger partial charge is 0.412 e. The van der Waals surface area contributed by atoms with Gasteiger partial charge in [-0.1, -0.05) is 48.5 Å². The molecule has 7 nitrogen and oxygen atoms in total. The van der Waals surface area contributed by atoms with E-state index in [4.69, 9.17) is 9.47 Å². The summed E-state index contributed by atoms with van der Waals surface area (Å²) in [5, 5.41) is 7.27. The summed E-state index contributed by atoms with van der Waals surface area (Å²) < 4.78 is 12.0. The Kier molecular flexibility index (Phi) is 5.97. The van der Waals surface area contributed by atoms with Crippen LogP contribution in [0.15, 0.2) is 54.6 Å². The average Bonchev–Trinajstić information content (AvgIpc) is 3.02. The van der Waals surface area contributed by atoms with Crippen molar-refractivity contribution in [1.29, 1.82) is 0 Å². The number of amides is 1. The first-order chi connectivity index (χ1) is 13.9. The summed E-state index contributed by atoms with van der Waals surface area (Å²) >= 11 is 0. The SMILES string of the molecule is COC(=O)c1ccccc1-c1nn(C)c(C)c1NC(=O)O[C@H](C)c1ccccc1. The van der Waals surface area contributed by atoms with Crippen LogP contribution in [-0.2, 0) is 16.5 Å². The molecule has 0 saturated heterocycles. The lowest BCUT2D eigenvalue weighted by Gasteiger charge is -2.15. The molecule has 0 spiro atoms. The predicted octanol–water partition coefficient (Wildman–Crippen LogP) is 4.49. The van der Waals surface area contributed by atoms with E-state index in [1.807, 2.05) is 37.3 Å². The molecule has 0 saturated carbocycles. The van der Waals surface area contributed by atoms with Crippen molar-refractivity contribution < 1.29 is 19.1 Å². The van der Waals surface area contributed by atoms with Crippen molar-refractivity contribution >= 4 is 17.7 Å². The van der Waals surface area contributed by atoms with Gasteiger partial charge in [-0.3, -0.25) is 10.00 Å². The number of methoxy groups -OCH3 is 1. The van der Waals surface area contributed by atoms with Crippen molar-refractivity contribution in [3.8, 4) is 11.3 Å². The van der Waals surface area contributed by atoms with Crippen molar-refractivity contribution in [2.75, 3.05) is 12.4 Å². The fourth-order valence-electron chi connectivity index (χ4n) is 3.01. The van der Waals surface area contributed by atoms with Gasteiger partial charge in [0.1, 0.15) is 11.8 Å². The van der Waals surface area contributed by atoms with E-state index < -0.39 is 18.2 Å². The summed E-state index contributed by atoms with van der Waals surface area (Å²) in [5.74, 6) is -0.477. The Morgan fingerprint density at radius 3 is 2.41 bits per heavy atom. The van der Waals surface area contributed by atoms with Crippen LogP contribution in [0.2, 0.25) is 0 Å². The minimum Gasteiger partial charge on any atom is -0.465 e. The molecule has 3 rings (SSSR count). The molecular formula is C22H23N3O4. The van der Waals surface area contributed by atoms with Crippen LogP contribution in [0.4, 0.5) is 10.5 Å². The molecule has 7 heteroatoms. The minimum absolute atomic E-state index is 0.363. The highest BCUT2D eigenvalue weighted by Crippen LogP contribution is 2.33. The van der Waals surface area contributed by atoms with Gasteiger partial charge in [-0.25, -0.2) is 9.59 Å². The van der Waals surface area contributed by atoms with Gasteiger partial charge in [0.15, 0.2) is 0 Å². The van der Waals surface area contributed by atoms with Gasteiger partial charge in [0.05, 0.1) is 24.1 Å². The number of esters is 1. The van der Waals surface area contributed by atoms with Crippen molar-refractivity contribution in [1.82, 2.24) is 9.78 Å². The van der Waals surface area contributed by atoms with Gasteiger partial charge in [0.25, 0.3) is 0 Å². The molecule has 2 aromatic carbocycles. The van der Waals surface area contributed by atoms with E-state index in [1.165, 1.54) is 7.11 Å². The first-order valence-electron chi connectivity index (χ1n) is 9.16. The van der Waals surface area contributed by atoms with Crippen molar-refractivity contribution in [3.05, 3.63) is 71.4 Å². The third-order valence-electron chi connectivity index (χ3n) is 4.70. The quantitative estimate of drug-likeness (QED) is 0.646. The van der Waals surface area contributed by atoms with Gasteiger partial charge in [-0.2, -0.15) is 5.10 Å².